The Hall–Kier alpha value is -1.84. The van der Waals surface area contributed by atoms with Gasteiger partial charge >= 0.3 is 5.97 Å². The summed E-state index contributed by atoms with van der Waals surface area (Å²) in [6.07, 6.45) is 3.68. The number of para-hydroxylation sites is 1. The molecule has 0 unspecified atom stereocenters. The molecule has 0 heterocycles. The molecule has 2 aliphatic rings. The lowest BCUT2D eigenvalue weighted by Crippen LogP contribution is -2.38. The average Bonchev–Trinajstić information content (AvgIpc) is 3.08. The summed E-state index contributed by atoms with van der Waals surface area (Å²) in [6.45, 7) is 2.04. The molecule has 2 N–H and O–H groups in total. The van der Waals surface area contributed by atoms with E-state index < -0.39 is 11.9 Å². The van der Waals surface area contributed by atoms with Crippen molar-refractivity contribution in [2.75, 3.05) is 5.32 Å². The number of aliphatic carboxylic acids is 1. The highest BCUT2D eigenvalue weighted by Gasteiger charge is 2.53. The molecule has 2 fully saturated rings. The molecule has 21 heavy (non-hydrogen) atoms. The second-order valence-corrected chi connectivity index (χ2v) is 6.22. The van der Waals surface area contributed by atoms with Gasteiger partial charge < -0.3 is 10.4 Å². The van der Waals surface area contributed by atoms with Gasteiger partial charge in [0, 0.05) is 5.69 Å². The zero-order valence-corrected chi connectivity index (χ0v) is 12.2. The second-order valence-electron chi connectivity index (χ2n) is 6.22. The molecular weight excluding hydrogens is 266 g/mol. The summed E-state index contributed by atoms with van der Waals surface area (Å²) in [7, 11) is 0. The van der Waals surface area contributed by atoms with Gasteiger partial charge in [0.15, 0.2) is 0 Å². The lowest BCUT2D eigenvalue weighted by Gasteiger charge is -2.27. The molecule has 0 radical (unpaired) electrons. The molecule has 2 aliphatic carbocycles. The van der Waals surface area contributed by atoms with Gasteiger partial charge in [0.25, 0.3) is 0 Å². The molecule has 1 amide bonds. The number of rotatable bonds is 4. The highest BCUT2D eigenvalue weighted by molar-refractivity contribution is 5.96. The van der Waals surface area contributed by atoms with E-state index in [9.17, 15) is 14.7 Å². The highest BCUT2D eigenvalue weighted by Crippen LogP contribution is 2.52. The van der Waals surface area contributed by atoms with Gasteiger partial charge in [-0.1, -0.05) is 25.1 Å². The van der Waals surface area contributed by atoms with E-state index in [0.717, 1.165) is 36.9 Å². The second kappa shape index (κ2) is 5.51. The van der Waals surface area contributed by atoms with Crippen LogP contribution in [0.15, 0.2) is 24.3 Å². The Labute approximate surface area is 124 Å². The first-order valence-electron chi connectivity index (χ1n) is 7.73. The fraction of sp³-hybridized carbons (Fsp3) is 0.529. The van der Waals surface area contributed by atoms with E-state index in [4.69, 9.17) is 0 Å². The Morgan fingerprint density at radius 2 is 1.86 bits per heavy atom. The molecule has 0 spiro atoms. The number of amides is 1. The maximum Gasteiger partial charge on any atom is 0.307 e. The molecule has 1 aromatic rings. The van der Waals surface area contributed by atoms with Gasteiger partial charge in [-0.3, -0.25) is 9.59 Å². The van der Waals surface area contributed by atoms with E-state index >= 15 is 0 Å². The summed E-state index contributed by atoms with van der Waals surface area (Å²) in [4.78, 5) is 24.1. The molecule has 3 rings (SSSR count). The van der Waals surface area contributed by atoms with Crippen LogP contribution in [-0.4, -0.2) is 17.0 Å². The third-order valence-corrected chi connectivity index (χ3v) is 5.16. The van der Waals surface area contributed by atoms with Crippen LogP contribution >= 0.6 is 0 Å². The number of carboxylic acids is 1. The maximum atomic E-state index is 12.6. The van der Waals surface area contributed by atoms with Gasteiger partial charge in [-0.2, -0.15) is 0 Å². The molecule has 1 aromatic carbocycles. The average molecular weight is 287 g/mol. The van der Waals surface area contributed by atoms with Crippen LogP contribution in [0.4, 0.5) is 5.69 Å². The van der Waals surface area contributed by atoms with Gasteiger partial charge in [-0.25, -0.2) is 0 Å². The topological polar surface area (TPSA) is 66.4 Å². The normalized spacial score (nSPS) is 30.3. The van der Waals surface area contributed by atoms with Crippen molar-refractivity contribution in [3.63, 3.8) is 0 Å². The molecule has 4 atom stereocenters. The number of benzene rings is 1. The molecule has 112 valence electrons. The smallest absolute Gasteiger partial charge is 0.307 e. The Balaban J connectivity index is 1.80. The largest absolute Gasteiger partial charge is 0.481 e. The van der Waals surface area contributed by atoms with Crippen LogP contribution in [0, 0.1) is 23.7 Å². The van der Waals surface area contributed by atoms with Crippen molar-refractivity contribution in [2.45, 2.75) is 32.6 Å². The van der Waals surface area contributed by atoms with Crippen LogP contribution in [-0.2, 0) is 16.0 Å². The summed E-state index contributed by atoms with van der Waals surface area (Å²) in [5.74, 6) is -1.38. The number of fused-ring (bicyclic) bond motifs is 2. The Kier molecular flexibility index (Phi) is 3.70. The zero-order chi connectivity index (χ0) is 15.0. The summed E-state index contributed by atoms with van der Waals surface area (Å²) >= 11 is 0. The van der Waals surface area contributed by atoms with Gasteiger partial charge in [-0.05, 0) is 49.1 Å². The van der Waals surface area contributed by atoms with Gasteiger partial charge in [-0.15, -0.1) is 0 Å². The first kappa shape index (κ1) is 14.1. The minimum atomic E-state index is -0.814. The van der Waals surface area contributed by atoms with E-state index in [1.807, 2.05) is 31.2 Å². The lowest BCUT2D eigenvalue weighted by molar-refractivity contribution is -0.148. The number of carboxylic acid groups (broad SMARTS) is 1. The summed E-state index contributed by atoms with van der Waals surface area (Å²) < 4.78 is 0. The van der Waals surface area contributed by atoms with E-state index in [-0.39, 0.29) is 23.7 Å². The SMILES string of the molecule is CCc1ccccc1NC(=O)[C@@H]1[C@H]2CC[C@@H](C2)[C@H]1C(=O)O. The minimum Gasteiger partial charge on any atom is -0.481 e. The fourth-order valence-electron chi connectivity index (χ4n) is 4.19. The zero-order valence-electron chi connectivity index (χ0n) is 12.2. The van der Waals surface area contributed by atoms with Crippen LogP contribution in [0.3, 0.4) is 0 Å². The number of carbonyl (C=O) groups is 2. The van der Waals surface area contributed by atoms with Crippen molar-refractivity contribution in [2.24, 2.45) is 23.7 Å². The van der Waals surface area contributed by atoms with Crippen LogP contribution in [0.5, 0.6) is 0 Å². The number of aryl methyl sites for hydroxylation is 1. The molecule has 0 aromatic heterocycles. The summed E-state index contributed by atoms with van der Waals surface area (Å²) in [5.41, 5.74) is 1.90. The summed E-state index contributed by atoms with van der Waals surface area (Å²) in [6, 6.07) is 7.72. The Bertz CT molecular complexity index is 569. The molecule has 4 nitrogen and oxygen atoms in total. The van der Waals surface area contributed by atoms with Crippen molar-refractivity contribution in [1.82, 2.24) is 0 Å². The molecule has 0 aliphatic heterocycles. The van der Waals surface area contributed by atoms with Crippen LogP contribution < -0.4 is 5.32 Å². The van der Waals surface area contributed by atoms with E-state index in [0.29, 0.717) is 0 Å². The first-order chi connectivity index (χ1) is 10.1. The van der Waals surface area contributed by atoms with Crippen LogP contribution in [0.2, 0.25) is 0 Å². The fourth-order valence-corrected chi connectivity index (χ4v) is 4.19. The van der Waals surface area contributed by atoms with Crippen LogP contribution in [0.25, 0.3) is 0 Å². The van der Waals surface area contributed by atoms with Crippen molar-refractivity contribution >= 4 is 17.6 Å². The van der Waals surface area contributed by atoms with Crippen molar-refractivity contribution in [3.8, 4) is 0 Å². The third-order valence-electron chi connectivity index (χ3n) is 5.16. The molecular formula is C17H21NO3. The van der Waals surface area contributed by atoms with E-state index in [2.05, 4.69) is 5.32 Å². The number of hydrogen-bond donors (Lipinski definition) is 2. The summed E-state index contributed by atoms with van der Waals surface area (Å²) in [5, 5.41) is 12.4. The Morgan fingerprint density at radius 1 is 1.19 bits per heavy atom. The standard InChI is InChI=1S/C17H21NO3/c1-2-10-5-3-4-6-13(10)18-16(19)14-11-7-8-12(9-11)15(14)17(20)21/h3-6,11-12,14-15H,2,7-9H2,1H3,(H,18,19)(H,20,21)/t11-,12-,14+,15+/m0/s1. The minimum absolute atomic E-state index is 0.115. The first-order valence-corrected chi connectivity index (χ1v) is 7.73. The van der Waals surface area contributed by atoms with Gasteiger partial charge in [0.1, 0.15) is 0 Å². The van der Waals surface area contributed by atoms with E-state index in [1.165, 1.54) is 0 Å². The Morgan fingerprint density at radius 3 is 2.52 bits per heavy atom. The third kappa shape index (κ3) is 2.43. The quantitative estimate of drug-likeness (QED) is 0.894. The maximum absolute atomic E-state index is 12.6. The number of carbonyl (C=O) groups excluding carboxylic acids is 1. The monoisotopic (exact) mass is 287 g/mol. The van der Waals surface area contributed by atoms with Crippen molar-refractivity contribution in [1.29, 1.82) is 0 Å². The highest BCUT2D eigenvalue weighted by atomic mass is 16.4. The molecule has 2 bridgehead atoms. The van der Waals surface area contributed by atoms with Gasteiger partial charge in [0.2, 0.25) is 5.91 Å². The lowest BCUT2D eigenvalue weighted by atomic mass is 9.78. The molecule has 2 saturated carbocycles. The van der Waals surface area contributed by atoms with E-state index in [1.54, 1.807) is 0 Å². The van der Waals surface area contributed by atoms with Crippen molar-refractivity contribution in [3.05, 3.63) is 29.8 Å². The molecule has 4 heteroatoms. The van der Waals surface area contributed by atoms with Crippen LogP contribution in [0.1, 0.15) is 31.7 Å². The number of hydrogen-bond acceptors (Lipinski definition) is 2. The predicted molar refractivity (Wildman–Crippen MR) is 79.9 cm³/mol. The number of nitrogens with one attached hydrogen (secondary N) is 1. The number of anilines is 1. The van der Waals surface area contributed by atoms with Gasteiger partial charge in [0.05, 0.1) is 11.8 Å². The molecule has 0 saturated heterocycles. The van der Waals surface area contributed by atoms with Crippen molar-refractivity contribution < 1.29 is 14.7 Å². The predicted octanol–water partition coefficient (Wildman–Crippen LogP) is 2.93.